The van der Waals surface area contributed by atoms with Crippen LogP contribution in [0.25, 0.3) is 0 Å². The Morgan fingerprint density at radius 3 is 1.88 bits per heavy atom. The maximum Gasteiger partial charge on any atom is 0.138 e. The van der Waals surface area contributed by atoms with Crippen molar-refractivity contribution in [2.45, 2.75) is 104 Å². The number of hydrogen-bond donors (Lipinski definition) is 0. The third-order valence-corrected chi connectivity index (χ3v) is 6.19. The molecule has 0 saturated carbocycles. The van der Waals surface area contributed by atoms with E-state index in [0.29, 0.717) is 0 Å². The molecule has 0 N–H and O–H groups in total. The summed E-state index contributed by atoms with van der Waals surface area (Å²) in [7, 11) is 0. The van der Waals surface area contributed by atoms with Crippen molar-refractivity contribution in [1.29, 1.82) is 0 Å². The fraction of sp³-hybridized carbons (Fsp3) is 0.727. The lowest BCUT2D eigenvalue weighted by molar-refractivity contribution is 0.311. The van der Waals surface area contributed by atoms with E-state index in [4.69, 9.17) is 0 Å². The standard InChI is InChI=1S/C22H37N3S/c1-19(2,3)16-13-26-14-17(16)21(7,8)11-12-22(9,10)18-24-23-15-25(18)20(4,5)6/h13-15H,11-12H2,1-10H3. The van der Waals surface area contributed by atoms with Crippen molar-refractivity contribution in [2.75, 3.05) is 0 Å². The molecule has 2 rings (SSSR count). The van der Waals surface area contributed by atoms with Crippen LogP contribution in [0.2, 0.25) is 0 Å². The van der Waals surface area contributed by atoms with Crippen LogP contribution in [0.3, 0.4) is 0 Å². The van der Waals surface area contributed by atoms with Crippen molar-refractivity contribution in [3.8, 4) is 0 Å². The SMILES string of the molecule is CC(C)(C)c1cscc1C(C)(C)CCC(C)(C)c1nncn1C(C)(C)C. The first-order valence-electron chi connectivity index (χ1n) is 9.64. The summed E-state index contributed by atoms with van der Waals surface area (Å²) in [6.07, 6.45) is 4.07. The molecule has 4 heteroatoms. The number of nitrogens with zero attached hydrogens (tertiary/aromatic N) is 3. The Morgan fingerprint density at radius 1 is 0.808 bits per heavy atom. The summed E-state index contributed by atoms with van der Waals surface area (Å²) in [4.78, 5) is 0. The number of rotatable bonds is 5. The van der Waals surface area contributed by atoms with Gasteiger partial charge in [-0.15, -0.1) is 10.2 Å². The maximum atomic E-state index is 4.49. The molecule has 0 saturated heterocycles. The molecule has 0 atom stereocenters. The first-order chi connectivity index (χ1) is 11.7. The van der Waals surface area contributed by atoms with Gasteiger partial charge in [0.2, 0.25) is 0 Å². The summed E-state index contributed by atoms with van der Waals surface area (Å²) in [6.45, 7) is 22.9. The van der Waals surface area contributed by atoms with Gasteiger partial charge in [-0.3, -0.25) is 0 Å². The molecule has 2 aromatic heterocycles. The van der Waals surface area contributed by atoms with Crippen LogP contribution in [0.1, 0.15) is 99.0 Å². The molecule has 0 spiro atoms. The molecule has 0 aliphatic heterocycles. The van der Waals surface area contributed by atoms with Crippen LogP contribution in [0.4, 0.5) is 0 Å². The van der Waals surface area contributed by atoms with Gasteiger partial charge in [0.05, 0.1) is 0 Å². The van der Waals surface area contributed by atoms with E-state index in [9.17, 15) is 0 Å². The highest BCUT2D eigenvalue weighted by molar-refractivity contribution is 7.08. The Morgan fingerprint density at radius 2 is 1.35 bits per heavy atom. The van der Waals surface area contributed by atoms with Crippen LogP contribution < -0.4 is 0 Å². The number of hydrogen-bond acceptors (Lipinski definition) is 3. The summed E-state index contributed by atoms with van der Waals surface area (Å²) < 4.78 is 2.23. The van der Waals surface area contributed by atoms with E-state index < -0.39 is 0 Å². The second-order valence-electron chi connectivity index (χ2n) is 10.9. The topological polar surface area (TPSA) is 30.7 Å². The van der Waals surface area contributed by atoms with E-state index in [1.165, 1.54) is 11.1 Å². The smallest absolute Gasteiger partial charge is 0.138 e. The second kappa shape index (κ2) is 6.78. The molecule has 0 aromatic carbocycles. The summed E-state index contributed by atoms with van der Waals surface area (Å²) in [5.41, 5.74) is 3.31. The van der Waals surface area contributed by atoms with Crippen molar-refractivity contribution >= 4 is 11.3 Å². The first kappa shape index (κ1) is 21.1. The summed E-state index contributed by atoms with van der Waals surface area (Å²) in [5, 5.41) is 13.4. The molecule has 0 aliphatic carbocycles. The van der Waals surface area contributed by atoms with Crippen LogP contribution in [0.15, 0.2) is 17.1 Å². The molecule has 0 radical (unpaired) electrons. The molecule has 2 heterocycles. The predicted octanol–water partition coefficient (Wildman–Crippen LogP) is 6.43. The molecule has 3 nitrogen and oxygen atoms in total. The van der Waals surface area contributed by atoms with Gasteiger partial charge in [0, 0.05) is 11.0 Å². The van der Waals surface area contributed by atoms with Gasteiger partial charge in [-0.1, -0.05) is 48.5 Å². The summed E-state index contributed by atoms with van der Waals surface area (Å²) >= 11 is 1.83. The molecular weight excluding hydrogens is 338 g/mol. The normalized spacial score (nSPS) is 14.1. The lowest BCUT2D eigenvalue weighted by atomic mass is 9.71. The van der Waals surface area contributed by atoms with E-state index >= 15 is 0 Å². The van der Waals surface area contributed by atoms with E-state index in [0.717, 1.165) is 18.7 Å². The second-order valence-corrected chi connectivity index (χ2v) is 11.7. The maximum absolute atomic E-state index is 4.49. The molecule has 2 aromatic rings. The van der Waals surface area contributed by atoms with Gasteiger partial charge in [0.15, 0.2) is 0 Å². The quantitative estimate of drug-likeness (QED) is 0.603. The molecule has 0 unspecified atom stereocenters. The number of aromatic nitrogens is 3. The minimum atomic E-state index is -0.0149. The highest BCUT2D eigenvalue weighted by atomic mass is 32.1. The van der Waals surface area contributed by atoms with Crippen molar-refractivity contribution in [3.05, 3.63) is 34.0 Å². The van der Waals surface area contributed by atoms with E-state index in [1.54, 1.807) is 0 Å². The fourth-order valence-electron chi connectivity index (χ4n) is 3.46. The molecular formula is C22H37N3S. The summed E-state index contributed by atoms with van der Waals surface area (Å²) in [5.74, 6) is 1.09. The predicted molar refractivity (Wildman–Crippen MR) is 113 cm³/mol. The Labute approximate surface area is 164 Å². The highest BCUT2D eigenvalue weighted by Gasteiger charge is 2.34. The van der Waals surface area contributed by atoms with Crippen LogP contribution >= 0.6 is 11.3 Å². The van der Waals surface area contributed by atoms with E-state index in [-0.39, 0.29) is 21.8 Å². The molecule has 26 heavy (non-hydrogen) atoms. The fourth-order valence-corrected chi connectivity index (χ4v) is 4.73. The van der Waals surface area contributed by atoms with Crippen LogP contribution in [0, 0.1) is 0 Å². The van der Waals surface area contributed by atoms with E-state index in [1.807, 2.05) is 17.7 Å². The van der Waals surface area contributed by atoms with Gasteiger partial charge in [0.25, 0.3) is 0 Å². The average molecular weight is 376 g/mol. The third kappa shape index (κ3) is 4.39. The van der Waals surface area contributed by atoms with Crippen LogP contribution in [0.5, 0.6) is 0 Å². The van der Waals surface area contributed by atoms with Gasteiger partial charge >= 0.3 is 0 Å². The van der Waals surface area contributed by atoms with Gasteiger partial charge in [-0.25, -0.2) is 0 Å². The van der Waals surface area contributed by atoms with Gasteiger partial charge in [0.1, 0.15) is 12.2 Å². The Kier molecular flexibility index (Phi) is 5.51. The monoisotopic (exact) mass is 375 g/mol. The van der Waals surface area contributed by atoms with Crippen LogP contribution in [-0.4, -0.2) is 14.8 Å². The average Bonchev–Trinajstić information content (AvgIpc) is 3.13. The zero-order chi connectivity index (χ0) is 20.0. The lowest BCUT2D eigenvalue weighted by Crippen LogP contribution is -2.32. The molecule has 0 bridgehead atoms. The Hall–Kier alpha value is -1.16. The Bertz CT molecular complexity index is 672. The van der Waals surface area contributed by atoms with Crippen molar-refractivity contribution in [1.82, 2.24) is 14.8 Å². The van der Waals surface area contributed by atoms with Crippen LogP contribution in [-0.2, 0) is 21.8 Å². The molecule has 0 amide bonds. The largest absolute Gasteiger partial charge is 0.312 e. The zero-order valence-electron chi connectivity index (χ0n) is 18.4. The molecule has 146 valence electrons. The van der Waals surface area contributed by atoms with Crippen molar-refractivity contribution in [2.24, 2.45) is 0 Å². The van der Waals surface area contributed by atoms with Crippen molar-refractivity contribution < 1.29 is 0 Å². The lowest BCUT2D eigenvalue weighted by Gasteiger charge is -2.35. The van der Waals surface area contributed by atoms with Gasteiger partial charge < -0.3 is 4.57 Å². The third-order valence-electron chi connectivity index (χ3n) is 5.45. The zero-order valence-corrected chi connectivity index (χ0v) is 19.2. The number of thiophene rings is 1. The van der Waals surface area contributed by atoms with Crippen molar-refractivity contribution in [3.63, 3.8) is 0 Å². The minimum Gasteiger partial charge on any atom is -0.312 e. The van der Waals surface area contributed by atoms with Gasteiger partial charge in [-0.2, -0.15) is 11.3 Å². The van der Waals surface area contributed by atoms with E-state index in [2.05, 4.69) is 94.8 Å². The minimum absolute atomic E-state index is 0.00160. The highest BCUT2D eigenvalue weighted by Crippen LogP contribution is 2.41. The Balaban J connectivity index is 2.25. The first-order valence-corrected chi connectivity index (χ1v) is 10.6. The summed E-state index contributed by atoms with van der Waals surface area (Å²) in [6, 6.07) is 0. The van der Waals surface area contributed by atoms with Gasteiger partial charge in [-0.05, 0) is 66.3 Å². The molecule has 0 aliphatic rings. The molecule has 0 fully saturated rings.